The van der Waals surface area contributed by atoms with Crippen LogP contribution in [0.3, 0.4) is 0 Å². The Hall–Kier alpha value is -1.99. The van der Waals surface area contributed by atoms with Gasteiger partial charge in [-0.3, -0.25) is 14.6 Å². The highest BCUT2D eigenvalue weighted by molar-refractivity contribution is 5.96. The highest BCUT2D eigenvalue weighted by Gasteiger charge is 2.69. The largest absolute Gasteiger partial charge is 0.353 e. The molecule has 2 amide bonds. The Bertz CT molecular complexity index is 1200. The smallest absolute Gasteiger partial charge is 0.229 e. The average molecular weight is 592 g/mol. The molecule has 0 bridgehead atoms. The molecule has 2 saturated heterocycles. The first-order valence-electron chi connectivity index (χ1n) is 17.4. The van der Waals surface area contributed by atoms with Gasteiger partial charge in [0, 0.05) is 37.3 Å². The zero-order valence-electron chi connectivity index (χ0n) is 26.8. The first-order chi connectivity index (χ1) is 20.6. The van der Waals surface area contributed by atoms with Crippen molar-refractivity contribution in [2.75, 3.05) is 6.61 Å². The van der Waals surface area contributed by atoms with Gasteiger partial charge >= 0.3 is 0 Å². The molecular weight excluding hydrogens is 538 g/mol. The van der Waals surface area contributed by atoms with E-state index in [9.17, 15) is 9.59 Å². The van der Waals surface area contributed by atoms with E-state index in [1.807, 2.05) is 12.1 Å². The van der Waals surface area contributed by atoms with Gasteiger partial charge in [-0.05, 0) is 116 Å². The second kappa shape index (κ2) is 11.1. The number of carbonyl (C=O) groups is 2. The van der Waals surface area contributed by atoms with E-state index in [1.165, 1.54) is 44.9 Å². The van der Waals surface area contributed by atoms with Gasteiger partial charge in [-0.15, -0.1) is 0 Å². The van der Waals surface area contributed by atoms with Crippen molar-refractivity contribution >= 4 is 11.8 Å². The minimum absolute atomic E-state index is 0.113. The van der Waals surface area contributed by atoms with Crippen molar-refractivity contribution in [2.45, 2.75) is 123 Å². The van der Waals surface area contributed by atoms with Crippen LogP contribution in [0.2, 0.25) is 0 Å². The number of carbonyl (C=O) groups excluding carboxylic acids is 2. The maximum absolute atomic E-state index is 12.8. The summed E-state index contributed by atoms with van der Waals surface area (Å²) in [5, 5.41) is 6.09. The fourth-order valence-electron chi connectivity index (χ4n) is 11.6. The van der Waals surface area contributed by atoms with E-state index in [1.54, 1.807) is 12.4 Å². The van der Waals surface area contributed by atoms with E-state index < -0.39 is 0 Å². The standard InChI is InChI=1S/C36H53N3O4/c1-22-9-14-36(42-21-22)23(2)33-30(43-36)17-29-27-8-7-25-16-26(10-12-34(25,3)28(27)11-13-35(29,33)4)39-32(41)18-31(40)38-20-24-6-5-15-37-19-24/h5-6,15,19,22-23,25-30,33H,7-14,16-18,20-21H2,1-4H3,(H,38,40)(H,39,41)/t22-,23+,25-,26?,27-,28+,29+,30+,33+,34+,35+,36-/m1/s1. The van der Waals surface area contributed by atoms with Crippen molar-refractivity contribution in [1.29, 1.82) is 0 Å². The van der Waals surface area contributed by atoms with E-state index in [0.29, 0.717) is 47.2 Å². The summed E-state index contributed by atoms with van der Waals surface area (Å²) in [4.78, 5) is 29.3. The summed E-state index contributed by atoms with van der Waals surface area (Å²) < 4.78 is 13.5. The quantitative estimate of drug-likeness (QED) is 0.409. The third kappa shape index (κ3) is 5.05. The number of hydrogen-bond acceptors (Lipinski definition) is 5. The number of pyridine rings is 1. The van der Waals surface area contributed by atoms with Crippen LogP contribution in [0, 0.1) is 52.3 Å². The van der Waals surface area contributed by atoms with Crippen LogP contribution in [0.25, 0.3) is 0 Å². The molecule has 3 heterocycles. The van der Waals surface area contributed by atoms with E-state index in [-0.39, 0.29) is 30.1 Å². The monoisotopic (exact) mass is 591 g/mol. The molecule has 7 nitrogen and oxygen atoms in total. The fraction of sp³-hybridized carbons (Fsp3) is 0.806. The Kier molecular flexibility index (Phi) is 7.68. The molecule has 1 aromatic rings. The van der Waals surface area contributed by atoms with Crippen molar-refractivity contribution in [1.82, 2.24) is 15.6 Å². The lowest BCUT2D eigenvalue weighted by Crippen LogP contribution is -2.56. The zero-order chi connectivity index (χ0) is 30.0. The van der Waals surface area contributed by atoms with Crippen molar-refractivity contribution < 1.29 is 19.1 Å². The number of nitrogens with one attached hydrogen (secondary N) is 2. The van der Waals surface area contributed by atoms with E-state index in [4.69, 9.17) is 9.47 Å². The Morgan fingerprint density at radius 2 is 1.81 bits per heavy atom. The van der Waals surface area contributed by atoms with Crippen molar-refractivity contribution in [3.63, 3.8) is 0 Å². The van der Waals surface area contributed by atoms with Crippen molar-refractivity contribution in [3.8, 4) is 0 Å². The molecule has 6 aliphatic rings. The molecule has 236 valence electrons. The van der Waals surface area contributed by atoms with Crippen LogP contribution in [0.5, 0.6) is 0 Å². The van der Waals surface area contributed by atoms with Gasteiger partial charge in [-0.2, -0.15) is 0 Å². The lowest BCUT2D eigenvalue weighted by molar-refractivity contribution is -0.273. The predicted molar refractivity (Wildman–Crippen MR) is 164 cm³/mol. The highest BCUT2D eigenvalue weighted by atomic mass is 16.7. The maximum atomic E-state index is 12.8. The van der Waals surface area contributed by atoms with Gasteiger partial charge in [0.25, 0.3) is 0 Å². The van der Waals surface area contributed by atoms with Gasteiger partial charge < -0.3 is 20.1 Å². The van der Waals surface area contributed by atoms with Crippen molar-refractivity contribution in [2.24, 2.45) is 52.3 Å². The molecule has 7 heteroatoms. The van der Waals surface area contributed by atoms with Crippen LogP contribution in [-0.2, 0) is 25.6 Å². The molecule has 1 unspecified atom stereocenters. The van der Waals surface area contributed by atoms with Crippen LogP contribution in [-0.4, -0.2) is 41.3 Å². The molecule has 1 spiro atoms. The van der Waals surface area contributed by atoms with E-state index >= 15 is 0 Å². The van der Waals surface area contributed by atoms with Crippen LogP contribution in [0.15, 0.2) is 24.5 Å². The summed E-state index contributed by atoms with van der Waals surface area (Å²) in [5.74, 6) is 3.97. The molecule has 1 aromatic heterocycles. The minimum Gasteiger partial charge on any atom is -0.353 e. The van der Waals surface area contributed by atoms with Crippen LogP contribution >= 0.6 is 0 Å². The fourth-order valence-corrected chi connectivity index (χ4v) is 11.6. The zero-order valence-corrected chi connectivity index (χ0v) is 26.8. The van der Waals surface area contributed by atoms with Crippen LogP contribution in [0.4, 0.5) is 0 Å². The van der Waals surface area contributed by atoms with Gasteiger partial charge in [0.1, 0.15) is 6.42 Å². The van der Waals surface area contributed by atoms with Gasteiger partial charge in [-0.25, -0.2) is 0 Å². The van der Waals surface area contributed by atoms with Crippen LogP contribution < -0.4 is 10.6 Å². The topological polar surface area (TPSA) is 89.5 Å². The highest BCUT2D eigenvalue weighted by Crippen LogP contribution is 2.71. The molecular formula is C36H53N3O4. The maximum Gasteiger partial charge on any atom is 0.229 e. The summed E-state index contributed by atoms with van der Waals surface area (Å²) in [7, 11) is 0. The summed E-state index contributed by atoms with van der Waals surface area (Å²) in [6, 6.07) is 3.94. The molecule has 6 fully saturated rings. The summed E-state index contributed by atoms with van der Waals surface area (Å²) in [6.07, 6.45) is 15.7. The number of amides is 2. The molecule has 2 aliphatic heterocycles. The third-order valence-electron chi connectivity index (χ3n) is 13.8. The lowest BCUT2D eigenvalue weighted by atomic mass is 9.44. The SMILES string of the molecule is C[C@@H]1CC[C@@]2(OC1)O[C@H]1C[C@H]3[C@@H]4CC[C@@H]5CC(NC(=O)CC(=O)NCc6cccnc6)CC[C@]5(C)[C@H]4CC[C@]3(C)[C@H]1[C@@H]2C. The molecule has 0 radical (unpaired) electrons. The summed E-state index contributed by atoms with van der Waals surface area (Å²) in [6.45, 7) is 11.2. The number of fused-ring (bicyclic) bond motifs is 7. The Labute approximate surface area is 258 Å². The second-order valence-corrected chi connectivity index (χ2v) is 16.0. The Morgan fingerprint density at radius 1 is 0.977 bits per heavy atom. The Morgan fingerprint density at radius 3 is 2.58 bits per heavy atom. The van der Waals surface area contributed by atoms with Crippen molar-refractivity contribution in [3.05, 3.63) is 30.1 Å². The minimum atomic E-state index is -0.334. The average Bonchev–Trinajstić information content (AvgIpc) is 3.44. The molecule has 0 aromatic carbocycles. The number of rotatable bonds is 5. The molecule has 12 atom stereocenters. The molecule has 4 saturated carbocycles. The van der Waals surface area contributed by atoms with Gasteiger partial charge in [0.05, 0.1) is 12.7 Å². The number of hydrogen-bond donors (Lipinski definition) is 2. The lowest BCUT2D eigenvalue weighted by Gasteiger charge is -2.61. The van der Waals surface area contributed by atoms with Gasteiger partial charge in [0.15, 0.2) is 5.79 Å². The van der Waals surface area contributed by atoms with E-state index in [0.717, 1.165) is 49.2 Å². The van der Waals surface area contributed by atoms with Crippen LogP contribution in [0.1, 0.15) is 104 Å². The molecule has 4 aliphatic carbocycles. The second-order valence-electron chi connectivity index (χ2n) is 16.0. The number of aromatic nitrogens is 1. The van der Waals surface area contributed by atoms with E-state index in [2.05, 4.69) is 43.3 Å². The molecule has 43 heavy (non-hydrogen) atoms. The summed E-state index contributed by atoms with van der Waals surface area (Å²) in [5.41, 5.74) is 1.63. The van der Waals surface area contributed by atoms with Gasteiger partial charge in [0.2, 0.25) is 11.8 Å². The first-order valence-corrected chi connectivity index (χ1v) is 17.4. The molecule has 7 rings (SSSR count). The predicted octanol–water partition coefficient (Wildman–Crippen LogP) is 6.02. The third-order valence-corrected chi connectivity index (χ3v) is 13.8. The normalized spacial score (nSPS) is 46.7. The number of ether oxygens (including phenoxy) is 2. The molecule has 2 N–H and O–H groups in total. The Balaban J connectivity index is 0.952. The first kappa shape index (κ1) is 29.7. The number of nitrogens with zero attached hydrogens (tertiary/aromatic N) is 1. The van der Waals surface area contributed by atoms with Gasteiger partial charge in [-0.1, -0.05) is 33.8 Å². The summed E-state index contributed by atoms with van der Waals surface area (Å²) >= 11 is 0.